The molecule has 0 spiro atoms. The Labute approximate surface area is 194 Å². The third kappa shape index (κ3) is 12.3. The molecule has 0 bridgehead atoms. The lowest BCUT2D eigenvalue weighted by atomic mass is 9.94. The van der Waals surface area contributed by atoms with E-state index in [-0.39, 0.29) is 23.8 Å². The largest absolute Gasteiger partial charge is 0.467 e. The second-order valence-electron chi connectivity index (χ2n) is 8.11. The van der Waals surface area contributed by atoms with Gasteiger partial charge in [-0.15, -0.1) is 0 Å². The van der Waals surface area contributed by atoms with Gasteiger partial charge in [-0.25, -0.2) is 4.79 Å². The van der Waals surface area contributed by atoms with Crippen molar-refractivity contribution in [3.8, 4) is 0 Å². The van der Waals surface area contributed by atoms with Crippen molar-refractivity contribution >= 4 is 36.3 Å². The summed E-state index contributed by atoms with van der Waals surface area (Å²) in [5.74, 6) is 1.87. The number of carbonyl (C=O) groups excluding carboxylic acids is 2. The van der Waals surface area contributed by atoms with E-state index >= 15 is 0 Å². The Morgan fingerprint density at radius 1 is 1.17 bits per heavy atom. The molecule has 0 rings (SSSR count). The van der Waals surface area contributed by atoms with Crippen molar-refractivity contribution in [2.45, 2.75) is 71.9 Å². The van der Waals surface area contributed by atoms with Crippen LogP contribution in [0.3, 0.4) is 0 Å². The van der Waals surface area contributed by atoms with Crippen LogP contribution in [-0.2, 0) is 14.3 Å². The van der Waals surface area contributed by atoms with Gasteiger partial charge in [-0.1, -0.05) is 59.1 Å². The predicted octanol–water partition coefficient (Wildman–Crippen LogP) is 4.33. The Balaban J connectivity index is 5.30. The maximum atomic E-state index is 13.0. The van der Waals surface area contributed by atoms with Crippen LogP contribution in [0.4, 0.5) is 0 Å². The van der Waals surface area contributed by atoms with Crippen molar-refractivity contribution in [2.75, 3.05) is 31.4 Å². The summed E-state index contributed by atoms with van der Waals surface area (Å²) in [6.07, 6.45) is 10.6. The van der Waals surface area contributed by atoms with E-state index in [9.17, 15) is 9.59 Å². The van der Waals surface area contributed by atoms with E-state index in [1.165, 1.54) is 7.11 Å². The number of ether oxygens (including phenoxy) is 1. The summed E-state index contributed by atoms with van der Waals surface area (Å²) < 4.78 is 4.88. The molecule has 0 radical (unpaired) electrons. The number of amides is 1. The minimum Gasteiger partial charge on any atom is -0.467 e. The second-order valence-corrected chi connectivity index (χ2v) is 9.46. The van der Waals surface area contributed by atoms with Crippen molar-refractivity contribution in [2.24, 2.45) is 17.8 Å². The van der Waals surface area contributed by atoms with Crippen LogP contribution in [-0.4, -0.2) is 55.4 Å². The van der Waals surface area contributed by atoms with E-state index in [0.717, 1.165) is 43.7 Å². The van der Waals surface area contributed by atoms with Gasteiger partial charge in [0.25, 0.3) is 0 Å². The highest BCUT2D eigenvalue weighted by atomic mass is 32.2. The van der Waals surface area contributed by atoms with Gasteiger partial charge in [-0.2, -0.15) is 24.4 Å². The van der Waals surface area contributed by atoms with E-state index in [4.69, 9.17) is 4.74 Å². The number of thiol groups is 1. The molecule has 0 saturated carbocycles. The summed E-state index contributed by atoms with van der Waals surface area (Å²) in [7, 11) is 1.36. The number of methoxy groups -OCH3 is 1. The van der Waals surface area contributed by atoms with E-state index in [1.54, 1.807) is 11.8 Å². The van der Waals surface area contributed by atoms with Crippen LogP contribution < -0.4 is 10.6 Å². The standard InChI is InChI=1S/C23H44N2O3S2/c1-7-9-10-19(22(26)25-21(13-14-30-6)23(27)28-5)11-12-20(18(4)8-2)24-15-17(3)16-29/h11-12,17-21,24,29H,7-10,13-16H2,1-6H3,(H,25,26)/b12-11+/t17?,18-,19+,20?,21?/m0/s1. The molecule has 0 aliphatic rings. The average molecular weight is 461 g/mol. The molecule has 0 aliphatic heterocycles. The highest BCUT2D eigenvalue weighted by Crippen LogP contribution is 2.16. The number of rotatable bonds is 17. The molecule has 0 fully saturated rings. The van der Waals surface area contributed by atoms with Crippen LogP contribution in [0.1, 0.15) is 59.8 Å². The second kappa shape index (κ2) is 18.0. The van der Waals surface area contributed by atoms with E-state index < -0.39 is 6.04 Å². The van der Waals surface area contributed by atoms with Crippen LogP contribution in [0.5, 0.6) is 0 Å². The van der Waals surface area contributed by atoms with Gasteiger partial charge in [0.1, 0.15) is 6.04 Å². The van der Waals surface area contributed by atoms with E-state index in [0.29, 0.717) is 18.3 Å². The summed E-state index contributed by atoms with van der Waals surface area (Å²) in [6, 6.07) is -0.380. The quantitative estimate of drug-likeness (QED) is 0.171. The molecule has 0 aliphatic carbocycles. The van der Waals surface area contributed by atoms with Crippen LogP contribution >= 0.6 is 24.4 Å². The number of hydrogen-bond acceptors (Lipinski definition) is 6. The maximum absolute atomic E-state index is 13.0. The molecule has 0 aromatic carbocycles. The van der Waals surface area contributed by atoms with Gasteiger partial charge in [-0.3, -0.25) is 4.79 Å². The number of esters is 1. The summed E-state index contributed by atoms with van der Waals surface area (Å²) >= 11 is 6.02. The molecule has 0 saturated heterocycles. The highest BCUT2D eigenvalue weighted by Gasteiger charge is 2.25. The van der Waals surface area contributed by atoms with Crippen molar-refractivity contribution in [3.05, 3.63) is 12.2 Å². The molecule has 2 N–H and O–H groups in total. The van der Waals surface area contributed by atoms with Crippen molar-refractivity contribution in [3.63, 3.8) is 0 Å². The van der Waals surface area contributed by atoms with Gasteiger partial charge >= 0.3 is 5.97 Å². The fourth-order valence-corrected chi connectivity index (χ4v) is 3.61. The molecule has 7 heteroatoms. The molecule has 0 aromatic rings. The van der Waals surface area contributed by atoms with Crippen LogP contribution in [0.25, 0.3) is 0 Å². The topological polar surface area (TPSA) is 67.4 Å². The molecule has 1 amide bonds. The first-order valence-electron chi connectivity index (χ1n) is 11.2. The highest BCUT2D eigenvalue weighted by molar-refractivity contribution is 7.98. The fourth-order valence-electron chi connectivity index (χ4n) is 3.01. The molecule has 176 valence electrons. The lowest BCUT2D eigenvalue weighted by Gasteiger charge is -2.24. The lowest BCUT2D eigenvalue weighted by molar-refractivity contribution is -0.145. The van der Waals surface area contributed by atoms with Crippen molar-refractivity contribution < 1.29 is 14.3 Å². The smallest absolute Gasteiger partial charge is 0.328 e. The number of unbranched alkanes of at least 4 members (excludes halogenated alkanes) is 1. The molecule has 30 heavy (non-hydrogen) atoms. The molecule has 5 nitrogen and oxygen atoms in total. The van der Waals surface area contributed by atoms with Gasteiger partial charge in [-0.05, 0) is 49.0 Å². The Kier molecular flexibility index (Phi) is 17.6. The Hall–Kier alpha value is -0.660. The maximum Gasteiger partial charge on any atom is 0.328 e. The first-order valence-corrected chi connectivity index (χ1v) is 13.3. The minimum absolute atomic E-state index is 0.0946. The molecular formula is C23H44N2O3S2. The van der Waals surface area contributed by atoms with E-state index in [1.807, 2.05) is 12.3 Å². The van der Waals surface area contributed by atoms with E-state index in [2.05, 4.69) is 57.0 Å². The first-order chi connectivity index (χ1) is 14.3. The molecule has 0 heterocycles. The first kappa shape index (κ1) is 29.3. The Morgan fingerprint density at radius 3 is 2.40 bits per heavy atom. The van der Waals surface area contributed by atoms with Crippen LogP contribution in [0, 0.1) is 17.8 Å². The molecular weight excluding hydrogens is 416 g/mol. The summed E-state index contributed by atoms with van der Waals surface area (Å²) in [5.41, 5.74) is 0. The van der Waals surface area contributed by atoms with Gasteiger partial charge < -0.3 is 15.4 Å². The normalized spacial score (nSPS) is 16.6. The monoisotopic (exact) mass is 460 g/mol. The Morgan fingerprint density at radius 2 is 1.87 bits per heavy atom. The predicted molar refractivity (Wildman–Crippen MR) is 133 cm³/mol. The zero-order valence-electron chi connectivity index (χ0n) is 19.8. The summed E-state index contributed by atoms with van der Waals surface area (Å²) in [5, 5.41) is 6.55. The number of thioether (sulfide) groups is 1. The van der Waals surface area contributed by atoms with Gasteiger partial charge in [0.05, 0.1) is 13.0 Å². The molecule has 0 aromatic heterocycles. The zero-order chi connectivity index (χ0) is 22.9. The lowest BCUT2D eigenvalue weighted by Crippen LogP contribution is -2.44. The summed E-state index contributed by atoms with van der Waals surface area (Å²) in [4.78, 5) is 25.1. The minimum atomic E-state index is -0.591. The van der Waals surface area contributed by atoms with Gasteiger partial charge in [0.15, 0.2) is 0 Å². The Bertz CT molecular complexity index is 503. The SMILES string of the molecule is CCCC[C@H](/C=C/C(NCC(C)CS)[C@@H](C)CC)C(=O)NC(CCSC)C(=O)OC. The summed E-state index contributed by atoms with van der Waals surface area (Å²) in [6.45, 7) is 9.61. The van der Waals surface area contributed by atoms with Gasteiger partial charge in [0.2, 0.25) is 5.91 Å². The third-order valence-corrected chi connectivity index (χ3v) is 6.71. The fraction of sp³-hybridized carbons (Fsp3) is 0.826. The molecule has 5 atom stereocenters. The number of hydrogen-bond donors (Lipinski definition) is 3. The molecule has 3 unspecified atom stereocenters. The van der Waals surface area contributed by atoms with Gasteiger partial charge in [0, 0.05) is 6.04 Å². The number of nitrogens with one attached hydrogen (secondary N) is 2. The van der Waals surface area contributed by atoms with Crippen LogP contribution in [0.15, 0.2) is 12.2 Å². The van der Waals surface area contributed by atoms with Crippen LogP contribution in [0.2, 0.25) is 0 Å². The zero-order valence-corrected chi connectivity index (χ0v) is 21.5. The third-order valence-electron chi connectivity index (χ3n) is 5.44. The number of carbonyl (C=O) groups is 2. The van der Waals surface area contributed by atoms with Crippen molar-refractivity contribution in [1.29, 1.82) is 0 Å². The average Bonchev–Trinajstić information content (AvgIpc) is 2.76. The van der Waals surface area contributed by atoms with Crippen molar-refractivity contribution in [1.82, 2.24) is 10.6 Å².